The van der Waals surface area contributed by atoms with Gasteiger partial charge in [0, 0.05) is 22.3 Å². The summed E-state index contributed by atoms with van der Waals surface area (Å²) in [5, 5.41) is 8.66. The van der Waals surface area contributed by atoms with Crippen molar-refractivity contribution in [3.05, 3.63) is 64.8 Å². The molecule has 0 fully saturated rings. The van der Waals surface area contributed by atoms with Crippen molar-refractivity contribution in [3.8, 4) is 0 Å². The van der Waals surface area contributed by atoms with E-state index in [4.69, 9.17) is 11.6 Å². The molecule has 0 aliphatic rings. The highest BCUT2D eigenvalue weighted by molar-refractivity contribution is 7.14. The van der Waals surface area contributed by atoms with Crippen LogP contribution < -0.4 is 10.6 Å². The highest BCUT2D eigenvalue weighted by Gasteiger charge is 2.11. The summed E-state index contributed by atoms with van der Waals surface area (Å²) in [5.74, 6) is 0.395. The zero-order chi connectivity index (χ0) is 15.4. The van der Waals surface area contributed by atoms with Gasteiger partial charge in [0.05, 0.1) is 0 Å². The van der Waals surface area contributed by atoms with Crippen LogP contribution in [-0.4, -0.2) is 15.9 Å². The zero-order valence-corrected chi connectivity index (χ0v) is 12.9. The Morgan fingerprint density at radius 2 is 2.09 bits per heavy atom. The van der Waals surface area contributed by atoms with Gasteiger partial charge in [0.2, 0.25) is 0 Å². The third-order valence-corrected chi connectivity index (χ3v) is 3.71. The van der Waals surface area contributed by atoms with E-state index < -0.39 is 0 Å². The van der Waals surface area contributed by atoms with Crippen LogP contribution in [0, 0.1) is 0 Å². The number of carbonyl (C=O) groups excluding carboxylic acids is 1. The van der Waals surface area contributed by atoms with E-state index in [1.165, 1.54) is 11.3 Å². The van der Waals surface area contributed by atoms with Crippen molar-refractivity contribution in [2.24, 2.45) is 0 Å². The molecule has 2 heterocycles. The molecule has 110 valence electrons. The number of amides is 1. The molecule has 7 heteroatoms. The SMILES string of the molecule is O=C(Nc1cccc(Cl)c1)c1csc(Nc2ccccn2)n1. The van der Waals surface area contributed by atoms with E-state index in [1.807, 2.05) is 18.2 Å². The van der Waals surface area contributed by atoms with Crippen LogP contribution in [0.4, 0.5) is 16.6 Å². The molecule has 0 atom stereocenters. The molecular formula is C15H11ClN4OS. The summed E-state index contributed by atoms with van der Waals surface area (Å²) in [6.07, 6.45) is 1.68. The summed E-state index contributed by atoms with van der Waals surface area (Å²) in [5.41, 5.74) is 0.966. The maximum absolute atomic E-state index is 12.1. The van der Waals surface area contributed by atoms with E-state index in [0.29, 0.717) is 27.4 Å². The number of carbonyl (C=O) groups is 1. The molecular weight excluding hydrogens is 320 g/mol. The topological polar surface area (TPSA) is 66.9 Å². The van der Waals surface area contributed by atoms with Crippen LogP contribution in [0.15, 0.2) is 54.0 Å². The summed E-state index contributed by atoms with van der Waals surface area (Å²) >= 11 is 7.22. The van der Waals surface area contributed by atoms with Gasteiger partial charge in [-0.05, 0) is 30.3 Å². The Kier molecular flexibility index (Phi) is 4.32. The van der Waals surface area contributed by atoms with E-state index in [-0.39, 0.29) is 5.91 Å². The average molecular weight is 331 g/mol. The van der Waals surface area contributed by atoms with E-state index in [9.17, 15) is 4.79 Å². The van der Waals surface area contributed by atoms with Gasteiger partial charge in [-0.2, -0.15) is 0 Å². The number of aromatic nitrogens is 2. The Morgan fingerprint density at radius 3 is 2.86 bits per heavy atom. The number of rotatable bonds is 4. The lowest BCUT2D eigenvalue weighted by molar-refractivity contribution is 0.102. The predicted molar refractivity (Wildman–Crippen MR) is 89.0 cm³/mol. The van der Waals surface area contributed by atoms with E-state index in [0.717, 1.165) is 0 Å². The fourth-order valence-corrected chi connectivity index (χ4v) is 2.63. The molecule has 0 spiro atoms. The lowest BCUT2D eigenvalue weighted by atomic mass is 10.3. The monoisotopic (exact) mass is 330 g/mol. The van der Waals surface area contributed by atoms with Gasteiger partial charge in [0.25, 0.3) is 5.91 Å². The lowest BCUT2D eigenvalue weighted by Gasteiger charge is -2.03. The Labute approximate surface area is 136 Å². The largest absolute Gasteiger partial charge is 0.321 e. The van der Waals surface area contributed by atoms with Crippen molar-refractivity contribution in [1.82, 2.24) is 9.97 Å². The minimum Gasteiger partial charge on any atom is -0.321 e. The Morgan fingerprint density at radius 1 is 1.18 bits per heavy atom. The summed E-state index contributed by atoms with van der Waals surface area (Å²) < 4.78 is 0. The van der Waals surface area contributed by atoms with Crippen molar-refractivity contribution in [1.29, 1.82) is 0 Å². The fourth-order valence-electron chi connectivity index (χ4n) is 1.74. The molecule has 3 aromatic rings. The van der Waals surface area contributed by atoms with Crippen molar-refractivity contribution in [3.63, 3.8) is 0 Å². The number of halogens is 1. The summed E-state index contributed by atoms with van der Waals surface area (Å²) in [7, 11) is 0. The zero-order valence-electron chi connectivity index (χ0n) is 11.3. The molecule has 2 N–H and O–H groups in total. The van der Waals surface area contributed by atoms with Crippen LogP contribution in [0.5, 0.6) is 0 Å². The molecule has 3 rings (SSSR count). The molecule has 0 saturated carbocycles. The molecule has 0 aliphatic heterocycles. The minimum atomic E-state index is -0.285. The first kappa shape index (κ1) is 14.5. The number of thiazole rings is 1. The van der Waals surface area contributed by atoms with Gasteiger partial charge in [-0.3, -0.25) is 4.79 Å². The van der Waals surface area contributed by atoms with E-state index >= 15 is 0 Å². The van der Waals surface area contributed by atoms with Crippen LogP contribution in [0.2, 0.25) is 5.02 Å². The Hall–Kier alpha value is -2.44. The van der Waals surface area contributed by atoms with Crippen molar-refractivity contribution >= 4 is 45.5 Å². The van der Waals surface area contributed by atoms with E-state index in [1.54, 1.807) is 35.8 Å². The Balaban J connectivity index is 1.69. The maximum Gasteiger partial charge on any atom is 0.275 e. The molecule has 5 nitrogen and oxygen atoms in total. The van der Waals surface area contributed by atoms with Crippen molar-refractivity contribution in [2.45, 2.75) is 0 Å². The molecule has 0 aliphatic carbocycles. The van der Waals surface area contributed by atoms with E-state index in [2.05, 4.69) is 20.6 Å². The molecule has 0 bridgehead atoms. The molecule has 1 amide bonds. The number of nitrogens with one attached hydrogen (secondary N) is 2. The number of nitrogens with zero attached hydrogens (tertiary/aromatic N) is 2. The second-order valence-electron chi connectivity index (χ2n) is 4.34. The fraction of sp³-hybridized carbons (Fsp3) is 0. The third-order valence-electron chi connectivity index (χ3n) is 2.72. The standard InChI is InChI=1S/C15H11ClN4OS/c16-10-4-3-5-11(8-10)18-14(21)12-9-22-15(19-12)20-13-6-1-2-7-17-13/h1-9H,(H,18,21)(H,17,19,20). The second kappa shape index (κ2) is 6.55. The normalized spacial score (nSPS) is 10.2. The minimum absolute atomic E-state index is 0.285. The number of hydrogen-bond acceptors (Lipinski definition) is 5. The van der Waals surface area contributed by atoms with Gasteiger partial charge < -0.3 is 10.6 Å². The highest BCUT2D eigenvalue weighted by atomic mass is 35.5. The number of hydrogen-bond donors (Lipinski definition) is 2. The first-order chi connectivity index (χ1) is 10.7. The molecule has 1 aromatic carbocycles. The quantitative estimate of drug-likeness (QED) is 0.752. The lowest BCUT2D eigenvalue weighted by Crippen LogP contribution is -2.12. The molecule has 0 radical (unpaired) electrons. The number of benzene rings is 1. The van der Waals surface area contributed by atoms with Crippen LogP contribution in [0.3, 0.4) is 0 Å². The third kappa shape index (κ3) is 3.60. The van der Waals surface area contributed by atoms with Gasteiger partial charge >= 0.3 is 0 Å². The van der Waals surface area contributed by atoms with Gasteiger partial charge in [-0.15, -0.1) is 11.3 Å². The highest BCUT2D eigenvalue weighted by Crippen LogP contribution is 2.21. The molecule has 22 heavy (non-hydrogen) atoms. The first-order valence-electron chi connectivity index (χ1n) is 6.41. The molecule has 2 aromatic heterocycles. The summed E-state index contributed by atoms with van der Waals surface area (Å²) in [4.78, 5) is 20.5. The van der Waals surface area contributed by atoms with Gasteiger partial charge in [-0.1, -0.05) is 23.7 Å². The number of pyridine rings is 1. The van der Waals surface area contributed by atoms with Gasteiger partial charge in [0.1, 0.15) is 11.5 Å². The van der Waals surface area contributed by atoms with Crippen LogP contribution in [0.1, 0.15) is 10.5 Å². The first-order valence-corrected chi connectivity index (χ1v) is 7.67. The van der Waals surface area contributed by atoms with Gasteiger partial charge in [-0.25, -0.2) is 9.97 Å². The van der Waals surface area contributed by atoms with Gasteiger partial charge in [0.15, 0.2) is 5.13 Å². The predicted octanol–water partition coefficient (Wildman–Crippen LogP) is 4.19. The van der Waals surface area contributed by atoms with Crippen LogP contribution in [0.25, 0.3) is 0 Å². The molecule has 0 unspecified atom stereocenters. The molecule has 0 saturated heterocycles. The van der Waals surface area contributed by atoms with Crippen molar-refractivity contribution in [2.75, 3.05) is 10.6 Å². The number of anilines is 3. The van der Waals surface area contributed by atoms with Crippen LogP contribution >= 0.6 is 22.9 Å². The second-order valence-corrected chi connectivity index (χ2v) is 5.64. The maximum atomic E-state index is 12.1. The summed E-state index contributed by atoms with van der Waals surface area (Å²) in [6.45, 7) is 0. The Bertz CT molecular complexity index is 791. The van der Waals surface area contributed by atoms with Crippen molar-refractivity contribution < 1.29 is 4.79 Å². The van der Waals surface area contributed by atoms with Crippen LogP contribution in [-0.2, 0) is 0 Å². The summed E-state index contributed by atoms with van der Waals surface area (Å²) in [6, 6.07) is 12.5. The average Bonchev–Trinajstić information content (AvgIpc) is 2.97. The smallest absolute Gasteiger partial charge is 0.275 e.